The molecule has 1 nitrogen and oxygen atoms in total. The van der Waals surface area contributed by atoms with Crippen LogP contribution >= 0.6 is 0 Å². The van der Waals surface area contributed by atoms with E-state index in [1.807, 2.05) is 18.2 Å². The molecule has 0 amide bonds. The number of aryl methyl sites for hydroxylation is 4. The maximum Gasteiger partial charge on any atom is 0.0991 e. The van der Waals surface area contributed by atoms with Crippen molar-refractivity contribution < 1.29 is 0 Å². The number of hydrogen-bond donors (Lipinski definition) is 0. The minimum atomic E-state index is 0.709. The zero-order chi connectivity index (χ0) is 17.3. The molecule has 0 saturated heterocycles. The average molecular weight is 311 g/mol. The lowest BCUT2D eigenvalue weighted by molar-refractivity contribution is 1.35. The minimum absolute atomic E-state index is 0.709. The Kier molecular flexibility index (Phi) is 4.23. The lowest BCUT2D eigenvalue weighted by atomic mass is 9.90. The normalized spacial score (nSPS) is 10.5. The molecule has 24 heavy (non-hydrogen) atoms. The van der Waals surface area contributed by atoms with E-state index in [1.54, 1.807) is 0 Å². The number of benzene rings is 3. The standard InChI is InChI=1S/C23H21N/c1-15-5-8-20(9-6-15)23-17(3)12-21(13-18(23)4)22-10-7-19(14-24)11-16(22)2/h5-13H,1-4H3. The molecule has 0 fully saturated rings. The van der Waals surface area contributed by atoms with E-state index in [4.69, 9.17) is 5.26 Å². The average Bonchev–Trinajstić information content (AvgIpc) is 2.55. The van der Waals surface area contributed by atoms with Gasteiger partial charge in [-0.3, -0.25) is 0 Å². The molecule has 0 heterocycles. The van der Waals surface area contributed by atoms with Crippen LogP contribution in [0.3, 0.4) is 0 Å². The predicted molar refractivity (Wildman–Crippen MR) is 101 cm³/mol. The Morgan fingerprint density at radius 2 is 1.29 bits per heavy atom. The van der Waals surface area contributed by atoms with Gasteiger partial charge in [0.05, 0.1) is 11.6 Å². The van der Waals surface area contributed by atoms with Crippen molar-refractivity contribution in [3.63, 3.8) is 0 Å². The molecule has 0 bridgehead atoms. The van der Waals surface area contributed by atoms with Crippen LogP contribution in [0.1, 0.15) is 27.8 Å². The van der Waals surface area contributed by atoms with Crippen LogP contribution in [-0.4, -0.2) is 0 Å². The van der Waals surface area contributed by atoms with Crippen molar-refractivity contribution in [2.24, 2.45) is 0 Å². The van der Waals surface area contributed by atoms with E-state index in [1.165, 1.54) is 38.9 Å². The first-order valence-corrected chi connectivity index (χ1v) is 8.19. The van der Waals surface area contributed by atoms with Crippen LogP contribution < -0.4 is 0 Å². The maximum atomic E-state index is 9.04. The van der Waals surface area contributed by atoms with Crippen molar-refractivity contribution in [3.05, 3.63) is 82.4 Å². The van der Waals surface area contributed by atoms with Gasteiger partial charge in [0.2, 0.25) is 0 Å². The number of nitriles is 1. The Morgan fingerprint density at radius 3 is 1.83 bits per heavy atom. The Hall–Kier alpha value is -2.85. The van der Waals surface area contributed by atoms with Gasteiger partial charge in [0.1, 0.15) is 0 Å². The minimum Gasteiger partial charge on any atom is -0.192 e. The molecule has 0 spiro atoms. The van der Waals surface area contributed by atoms with Gasteiger partial charge >= 0.3 is 0 Å². The molecule has 0 atom stereocenters. The van der Waals surface area contributed by atoms with Crippen LogP contribution in [0.25, 0.3) is 22.3 Å². The zero-order valence-corrected chi connectivity index (χ0v) is 14.6. The highest BCUT2D eigenvalue weighted by Gasteiger charge is 2.10. The van der Waals surface area contributed by atoms with Crippen molar-refractivity contribution in [3.8, 4) is 28.3 Å². The van der Waals surface area contributed by atoms with Crippen LogP contribution in [0.15, 0.2) is 54.6 Å². The van der Waals surface area contributed by atoms with E-state index in [2.05, 4.69) is 70.2 Å². The van der Waals surface area contributed by atoms with Gasteiger partial charge in [-0.05, 0) is 78.8 Å². The lowest BCUT2D eigenvalue weighted by Gasteiger charge is -2.15. The highest BCUT2D eigenvalue weighted by atomic mass is 14.2. The number of nitrogens with zero attached hydrogens (tertiary/aromatic N) is 1. The van der Waals surface area contributed by atoms with Crippen molar-refractivity contribution in [2.75, 3.05) is 0 Å². The van der Waals surface area contributed by atoms with Gasteiger partial charge in [-0.1, -0.05) is 48.0 Å². The molecule has 0 radical (unpaired) electrons. The summed E-state index contributed by atoms with van der Waals surface area (Å²) in [7, 11) is 0. The summed E-state index contributed by atoms with van der Waals surface area (Å²) < 4.78 is 0. The molecule has 3 aromatic carbocycles. The van der Waals surface area contributed by atoms with Gasteiger partial charge in [-0.15, -0.1) is 0 Å². The molecular formula is C23H21N. The fourth-order valence-electron chi connectivity index (χ4n) is 3.35. The topological polar surface area (TPSA) is 23.8 Å². The molecule has 3 aromatic rings. The van der Waals surface area contributed by atoms with E-state index in [0.717, 1.165) is 5.56 Å². The second-order valence-electron chi connectivity index (χ2n) is 6.49. The fraction of sp³-hybridized carbons (Fsp3) is 0.174. The van der Waals surface area contributed by atoms with Gasteiger partial charge < -0.3 is 0 Å². The Labute approximate surface area is 144 Å². The van der Waals surface area contributed by atoms with Gasteiger partial charge in [0, 0.05) is 0 Å². The lowest BCUT2D eigenvalue weighted by Crippen LogP contribution is -1.92. The van der Waals surface area contributed by atoms with Crippen molar-refractivity contribution in [1.82, 2.24) is 0 Å². The monoisotopic (exact) mass is 311 g/mol. The molecule has 3 rings (SSSR count). The molecule has 0 aliphatic carbocycles. The third-order valence-electron chi connectivity index (χ3n) is 4.54. The van der Waals surface area contributed by atoms with Crippen LogP contribution in [0.4, 0.5) is 0 Å². The largest absolute Gasteiger partial charge is 0.192 e. The highest BCUT2D eigenvalue weighted by molar-refractivity contribution is 5.78. The third-order valence-corrected chi connectivity index (χ3v) is 4.54. The second-order valence-corrected chi connectivity index (χ2v) is 6.49. The summed E-state index contributed by atoms with van der Waals surface area (Å²) in [6, 6.07) is 21.3. The first-order valence-electron chi connectivity index (χ1n) is 8.19. The highest BCUT2D eigenvalue weighted by Crippen LogP contribution is 2.33. The first-order chi connectivity index (χ1) is 11.5. The number of rotatable bonds is 2. The van der Waals surface area contributed by atoms with E-state index >= 15 is 0 Å². The SMILES string of the molecule is Cc1ccc(-c2c(C)cc(-c3ccc(C#N)cc3C)cc2C)cc1. The Morgan fingerprint density at radius 1 is 0.667 bits per heavy atom. The zero-order valence-electron chi connectivity index (χ0n) is 14.6. The molecule has 0 aliphatic rings. The van der Waals surface area contributed by atoms with E-state index < -0.39 is 0 Å². The number of hydrogen-bond acceptors (Lipinski definition) is 1. The summed E-state index contributed by atoms with van der Waals surface area (Å²) in [4.78, 5) is 0. The summed E-state index contributed by atoms with van der Waals surface area (Å²) in [6.45, 7) is 8.52. The molecule has 0 unspecified atom stereocenters. The van der Waals surface area contributed by atoms with Gasteiger partial charge in [-0.2, -0.15) is 5.26 Å². The first kappa shape index (κ1) is 16.0. The smallest absolute Gasteiger partial charge is 0.0991 e. The van der Waals surface area contributed by atoms with E-state index in [0.29, 0.717) is 5.56 Å². The summed E-state index contributed by atoms with van der Waals surface area (Å²) >= 11 is 0. The van der Waals surface area contributed by atoms with E-state index in [-0.39, 0.29) is 0 Å². The summed E-state index contributed by atoms with van der Waals surface area (Å²) in [6.07, 6.45) is 0. The van der Waals surface area contributed by atoms with Crippen LogP contribution in [0.5, 0.6) is 0 Å². The summed E-state index contributed by atoms with van der Waals surface area (Å²) in [5.74, 6) is 0. The van der Waals surface area contributed by atoms with Crippen LogP contribution in [0, 0.1) is 39.0 Å². The van der Waals surface area contributed by atoms with Crippen molar-refractivity contribution >= 4 is 0 Å². The van der Waals surface area contributed by atoms with Gasteiger partial charge in [0.25, 0.3) is 0 Å². The summed E-state index contributed by atoms with van der Waals surface area (Å²) in [5, 5.41) is 9.04. The summed E-state index contributed by atoms with van der Waals surface area (Å²) in [5.41, 5.74) is 10.6. The molecule has 0 N–H and O–H groups in total. The van der Waals surface area contributed by atoms with Crippen LogP contribution in [0.2, 0.25) is 0 Å². The van der Waals surface area contributed by atoms with Crippen molar-refractivity contribution in [1.29, 1.82) is 5.26 Å². The molecular weight excluding hydrogens is 290 g/mol. The molecule has 0 aromatic heterocycles. The molecule has 118 valence electrons. The quantitative estimate of drug-likeness (QED) is 0.559. The molecule has 0 saturated carbocycles. The molecule has 1 heteroatoms. The van der Waals surface area contributed by atoms with Gasteiger partial charge in [-0.25, -0.2) is 0 Å². The second kappa shape index (κ2) is 6.34. The predicted octanol–water partition coefficient (Wildman–Crippen LogP) is 6.13. The van der Waals surface area contributed by atoms with Crippen LogP contribution in [-0.2, 0) is 0 Å². The maximum absolute atomic E-state index is 9.04. The van der Waals surface area contributed by atoms with Crippen molar-refractivity contribution in [2.45, 2.75) is 27.7 Å². The fourth-order valence-corrected chi connectivity index (χ4v) is 3.35. The third kappa shape index (κ3) is 2.96. The Balaban J connectivity index is 2.11. The van der Waals surface area contributed by atoms with Gasteiger partial charge in [0.15, 0.2) is 0 Å². The van der Waals surface area contributed by atoms with E-state index in [9.17, 15) is 0 Å². The Bertz CT molecular complexity index is 918. The molecule has 0 aliphatic heterocycles.